The van der Waals surface area contributed by atoms with Gasteiger partial charge in [0.05, 0.1) is 12.1 Å². The second-order valence-electron chi connectivity index (χ2n) is 9.16. The SMILES string of the molecule is Cl.O=C1Nc2ccc(CCN3CCOC3=O)cc2/C1=C/c1cc(CN2C[C@H]3C[C@H]3C2)c[nH]1. The first-order valence-corrected chi connectivity index (χ1v) is 11.1. The first kappa shape index (κ1) is 21.1. The number of hydrogen-bond acceptors (Lipinski definition) is 4. The van der Waals surface area contributed by atoms with Crippen molar-refractivity contribution in [3.63, 3.8) is 0 Å². The molecule has 168 valence electrons. The van der Waals surface area contributed by atoms with Crippen LogP contribution in [0.2, 0.25) is 0 Å². The number of hydrogen-bond donors (Lipinski definition) is 2. The third-order valence-electron chi connectivity index (χ3n) is 6.91. The van der Waals surface area contributed by atoms with E-state index in [1.54, 1.807) is 4.90 Å². The minimum Gasteiger partial charge on any atom is -0.448 e. The van der Waals surface area contributed by atoms with Gasteiger partial charge in [0.15, 0.2) is 0 Å². The second kappa shape index (κ2) is 8.30. The molecule has 0 unspecified atom stereocenters. The number of piperidine rings is 1. The van der Waals surface area contributed by atoms with Gasteiger partial charge in [-0.25, -0.2) is 4.79 Å². The molecule has 0 radical (unpaired) electrons. The molecule has 7 nitrogen and oxygen atoms in total. The van der Waals surface area contributed by atoms with Gasteiger partial charge >= 0.3 is 6.09 Å². The van der Waals surface area contributed by atoms with Gasteiger partial charge in [-0.15, -0.1) is 12.4 Å². The number of anilines is 1. The van der Waals surface area contributed by atoms with E-state index in [1.807, 2.05) is 18.2 Å². The maximum atomic E-state index is 12.6. The molecule has 1 aliphatic carbocycles. The quantitative estimate of drug-likeness (QED) is 0.656. The number of H-pyrrole nitrogens is 1. The largest absolute Gasteiger partial charge is 0.448 e. The van der Waals surface area contributed by atoms with Crippen LogP contribution >= 0.6 is 12.4 Å². The maximum Gasteiger partial charge on any atom is 0.409 e. The number of ether oxygens (including phenoxy) is 1. The second-order valence-corrected chi connectivity index (χ2v) is 9.16. The smallest absolute Gasteiger partial charge is 0.409 e. The van der Waals surface area contributed by atoms with Gasteiger partial charge in [-0.05, 0) is 60.1 Å². The summed E-state index contributed by atoms with van der Waals surface area (Å²) in [5.41, 5.74) is 5.74. The van der Waals surface area contributed by atoms with Crippen LogP contribution in [0.3, 0.4) is 0 Å². The summed E-state index contributed by atoms with van der Waals surface area (Å²) in [7, 11) is 0. The lowest BCUT2D eigenvalue weighted by molar-refractivity contribution is -0.110. The molecule has 0 spiro atoms. The molecule has 4 heterocycles. The number of carbonyl (C=O) groups excluding carboxylic acids is 2. The summed E-state index contributed by atoms with van der Waals surface area (Å²) in [6.07, 6.45) is 5.89. The van der Waals surface area contributed by atoms with Crippen LogP contribution in [0.15, 0.2) is 30.5 Å². The van der Waals surface area contributed by atoms with Crippen LogP contribution < -0.4 is 5.32 Å². The molecule has 1 aromatic heterocycles. The fourth-order valence-electron chi connectivity index (χ4n) is 5.10. The summed E-state index contributed by atoms with van der Waals surface area (Å²) in [6.45, 7) is 5.14. The molecule has 2 N–H and O–H groups in total. The Morgan fingerprint density at radius 3 is 2.75 bits per heavy atom. The van der Waals surface area contributed by atoms with Gasteiger partial charge < -0.3 is 19.9 Å². The van der Waals surface area contributed by atoms with Crippen LogP contribution in [-0.4, -0.2) is 59.6 Å². The van der Waals surface area contributed by atoms with Gasteiger partial charge in [-0.2, -0.15) is 0 Å². The number of nitrogens with one attached hydrogen (secondary N) is 2. The van der Waals surface area contributed by atoms with E-state index in [4.69, 9.17) is 4.74 Å². The lowest BCUT2D eigenvalue weighted by atomic mass is 10.0. The van der Waals surface area contributed by atoms with Crippen molar-refractivity contribution in [3.05, 3.63) is 52.8 Å². The monoisotopic (exact) mass is 454 g/mol. The highest BCUT2D eigenvalue weighted by Crippen LogP contribution is 2.45. The third-order valence-corrected chi connectivity index (χ3v) is 6.91. The van der Waals surface area contributed by atoms with Crippen LogP contribution in [0.25, 0.3) is 11.6 Å². The number of amides is 2. The van der Waals surface area contributed by atoms with E-state index < -0.39 is 0 Å². The number of rotatable bonds is 6. The molecule has 2 atom stereocenters. The average Bonchev–Trinajstić information content (AvgIpc) is 3.17. The Morgan fingerprint density at radius 1 is 1.12 bits per heavy atom. The summed E-state index contributed by atoms with van der Waals surface area (Å²) in [5.74, 6) is 1.79. The van der Waals surface area contributed by atoms with Crippen LogP contribution in [0.1, 0.15) is 28.8 Å². The van der Waals surface area contributed by atoms with Crippen molar-refractivity contribution in [1.29, 1.82) is 0 Å². The van der Waals surface area contributed by atoms with E-state index in [2.05, 4.69) is 33.5 Å². The number of nitrogens with zero attached hydrogens (tertiary/aromatic N) is 2. The molecule has 2 aromatic rings. The topological polar surface area (TPSA) is 77.7 Å². The van der Waals surface area contributed by atoms with E-state index >= 15 is 0 Å². The highest BCUT2D eigenvalue weighted by molar-refractivity contribution is 6.34. The average molecular weight is 455 g/mol. The zero-order chi connectivity index (χ0) is 20.9. The van der Waals surface area contributed by atoms with Crippen molar-refractivity contribution in [2.24, 2.45) is 11.8 Å². The Hall–Kier alpha value is -2.77. The predicted molar refractivity (Wildman–Crippen MR) is 124 cm³/mol. The summed E-state index contributed by atoms with van der Waals surface area (Å²) < 4.78 is 4.99. The Morgan fingerprint density at radius 2 is 1.97 bits per heavy atom. The van der Waals surface area contributed by atoms with E-state index in [0.717, 1.165) is 47.3 Å². The number of cyclic esters (lactones) is 1. The molecule has 32 heavy (non-hydrogen) atoms. The van der Waals surface area contributed by atoms with Gasteiger partial charge in [-0.1, -0.05) is 6.07 Å². The van der Waals surface area contributed by atoms with Crippen molar-refractivity contribution < 1.29 is 14.3 Å². The Bertz CT molecular complexity index is 1080. The number of halogens is 1. The fourth-order valence-corrected chi connectivity index (χ4v) is 5.10. The van der Waals surface area contributed by atoms with Crippen LogP contribution in [-0.2, 0) is 22.5 Å². The Kier molecular flexibility index (Phi) is 5.47. The Balaban J connectivity index is 0.00000216. The number of carbonyl (C=O) groups is 2. The van der Waals surface area contributed by atoms with Crippen molar-refractivity contribution >= 4 is 41.7 Å². The molecule has 2 saturated heterocycles. The normalized spacial score (nSPS) is 24.9. The minimum absolute atomic E-state index is 0. The lowest BCUT2D eigenvalue weighted by Crippen LogP contribution is -2.26. The summed E-state index contributed by atoms with van der Waals surface area (Å²) in [6, 6.07) is 8.16. The number of likely N-dealkylation sites (tertiary alicyclic amines) is 1. The molecule has 0 bridgehead atoms. The third kappa shape index (κ3) is 4.02. The minimum atomic E-state index is -0.243. The van der Waals surface area contributed by atoms with E-state index in [0.29, 0.717) is 25.3 Å². The predicted octanol–water partition coefficient (Wildman–Crippen LogP) is 3.38. The van der Waals surface area contributed by atoms with Crippen molar-refractivity contribution in [2.45, 2.75) is 19.4 Å². The zero-order valence-corrected chi connectivity index (χ0v) is 18.6. The fraction of sp³-hybridized carbons (Fsp3) is 0.417. The summed E-state index contributed by atoms with van der Waals surface area (Å²) >= 11 is 0. The first-order chi connectivity index (χ1) is 15.1. The van der Waals surface area contributed by atoms with Crippen molar-refractivity contribution in [2.75, 3.05) is 38.1 Å². The van der Waals surface area contributed by atoms with Crippen molar-refractivity contribution in [3.8, 4) is 0 Å². The summed E-state index contributed by atoms with van der Waals surface area (Å²) in [5, 5.41) is 2.96. The maximum absolute atomic E-state index is 12.6. The van der Waals surface area contributed by atoms with E-state index in [1.165, 1.54) is 25.1 Å². The highest BCUT2D eigenvalue weighted by Gasteiger charge is 2.44. The number of fused-ring (bicyclic) bond motifs is 2. The highest BCUT2D eigenvalue weighted by atomic mass is 35.5. The summed E-state index contributed by atoms with van der Waals surface area (Å²) in [4.78, 5) is 31.8. The van der Waals surface area contributed by atoms with Gasteiger partial charge in [0.2, 0.25) is 0 Å². The number of aromatic nitrogens is 1. The van der Waals surface area contributed by atoms with Crippen LogP contribution in [0.4, 0.5) is 10.5 Å². The van der Waals surface area contributed by atoms with Gasteiger partial charge in [0, 0.05) is 49.3 Å². The first-order valence-electron chi connectivity index (χ1n) is 11.1. The van der Waals surface area contributed by atoms with Crippen LogP contribution in [0, 0.1) is 11.8 Å². The molecule has 4 aliphatic rings. The number of aromatic amines is 1. The molecule has 1 saturated carbocycles. The molecular weight excluding hydrogens is 428 g/mol. The lowest BCUT2D eigenvalue weighted by Gasteiger charge is -2.15. The standard InChI is InChI=1S/C24H26N4O3.ClH/c29-23-21(10-19-7-16(11-25-19)12-27-13-17-9-18(17)14-27)20-8-15(1-2-22(20)26-23)3-4-28-5-6-31-24(28)30;/h1-2,7-8,10-11,17-18,25H,3-6,9,12-14H2,(H,26,29);1H/b21-10-;/t17-,18+;. The molecule has 2 amide bonds. The van der Waals surface area contributed by atoms with Gasteiger partial charge in [0.25, 0.3) is 5.91 Å². The van der Waals surface area contributed by atoms with Gasteiger partial charge in [-0.3, -0.25) is 9.69 Å². The van der Waals surface area contributed by atoms with E-state index in [-0.39, 0.29) is 24.4 Å². The Labute approximate surface area is 193 Å². The molecule has 1 aromatic carbocycles. The molecule has 3 aliphatic heterocycles. The van der Waals surface area contributed by atoms with E-state index in [9.17, 15) is 9.59 Å². The number of benzene rings is 1. The van der Waals surface area contributed by atoms with Gasteiger partial charge in [0.1, 0.15) is 6.61 Å². The van der Waals surface area contributed by atoms with Crippen molar-refractivity contribution in [1.82, 2.24) is 14.8 Å². The molecular formula is C24H27ClN4O3. The molecule has 6 rings (SSSR count). The van der Waals surface area contributed by atoms with Crippen LogP contribution in [0.5, 0.6) is 0 Å². The molecule has 3 fully saturated rings. The molecule has 8 heteroatoms. The zero-order valence-electron chi connectivity index (χ0n) is 17.8.